The maximum Gasteiger partial charge on any atom is 0.418 e. The minimum absolute atomic E-state index is 0.0401. The van der Waals surface area contributed by atoms with Gasteiger partial charge in [0.05, 0.1) is 53.6 Å². The van der Waals surface area contributed by atoms with Gasteiger partial charge in [-0.1, -0.05) is 18.7 Å². The standard InChI is InChI=1S/C32H36F3N9O3/c1-5-26(45)43-12-11-40(16-22(43)9-10-36)29-24-13-37-44(25-8-6-7-19(2)27(25)32(33,34)35)30(46)28(24)38-31(39-29)42-17-23(18-42)41-14-20(3)47-21(4)15-41/h5-8,13,20-23H,1,9,11-12,14-18H2,2-4H3/t20-,21+,22?. The molecule has 2 aromatic heterocycles. The third-order valence-corrected chi connectivity index (χ3v) is 9.05. The molecule has 3 saturated heterocycles. The number of aromatic nitrogens is 4. The molecule has 3 fully saturated rings. The summed E-state index contributed by atoms with van der Waals surface area (Å²) in [5.74, 6) is 0.349. The summed E-state index contributed by atoms with van der Waals surface area (Å²) in [5, 5.41) is 14.0. The van der Waals surface area contributed by atoms with E-state index in [1.165, 1.54) is 37.4 Å². The summed E-state index contributed by atoms with van der Waals surface area (Å²) in [6.45, 7) is 12.6. The van der Waals surface area contributed by atoms with Crippen LogP contribution in [0.5, 0.6) is 0 Å². The summed E-state index contributed by atoms with van der Waals surface area (Å²) in [7, 11) is 0. The molecule has 1 amide bonds. The van der Waals surface area contributed by atoms with Gasteiger partial charge in [0, 0.05) is 51.9 Å². The third kappa shape index (κ3) is 6.15. The smallest absolute Gasteiger partial charge is 0.373 e. The lowest BCUT2D eigenvalue weighted by molar-refractivity contribution is -0.138. The third-order valence-electron chi connectivity index (χ3n) is 9.05. The van der Waals surface area contributed by atoms with Gasteiger partial charge in [-0.2, -0.15) is 33.2 Å². The lowest BCUT2D eigenvalue weighted by Gasteiger charge is -2.49. The maximum absolute atomic E-state index is 14.2. The van der Waals surface area contributed by atoms with Crippen molar-refractivity contribution < 1.29 is 22.7 Å². The van der Waals surface area contributed by atoms with E-state index in [2.05, 4.69) is 27.6 Å². The molecule has 0 bridgehead atoms. The minimum Gasteiger partial charge on any atom is -0.373 e. The number of hydrogen-bond donors (Lipinski definition) is 0. The number of piperazine rings is 1. The van der Waals surface area contributed by atoms with Crippen molar-refractivity contribution in [2.75, 3.05) is 55.6 Å². The van der Waals surface area contributed by atoms with Crippen LogP contribution in [0.4, 0.5) is 24.9 Å². The first-order chi connectivity index (χ1) is 22.4. The number of rotatable bonds is 6. The second kappa shape index (κ2) is 12.6. The number of fused-ring (bicyclic) bond motifs is 1. The fourth-order valence-corrected chi connectivity index (χ4v) is 6.85. The van der Waals surface area contributed by atoms with E-state index < -0.39 is 29.0 Å². The zero-order chi connectivity index (χ0) is 33.6. The molecular formula is C32H36F3N9O3. The van der Waals surface area contributed by atoms with Crippen molar-refractivity contribution in [1.29, 1.82) is 5.26 Å². The van der Waals surface area contributed by atoms with E-state index in [-0.39, 0.29) is 66.1 Å². The van der Waals surface area contributed by atoms with Gasteiger partial charge in [-0.3, -0.25) is 14.5 Å². The molecule has 0 N–H and O–H groups in total. The largest absolute Gasteiger partial charge is 0.418 e. The van der Waals surface area contributed by atoms with Crippen LogP contribution in [0.25, 0.3) is 16.6 Å². The van der Waals surface area contributed by atoms with Gasteiger partial charge in [-0.05, 0) is 38.5 Å². The number of carbonyl (C=O) groups excluding carboxylic acids is 1. The Balaban J connectivity index is 1.43. The molecule has 47 heavy (non-hydrogen) atoms. The first kappa shape index (κ1) is 32.4. The second-order valence-electron chi connectivity index (χ2n) is 12.4. The Hall–Kier alpha value is -4.55. The monoisotopic (exact) mass is 651 g/mol. The van der Waals surface area contributed by atoms with E-state index in [0.29, 0.717) is 25.5 Å². The van der Waals surface area contributed by atoms with Gasteiger partial charge in [0.1, 0.15) is 11.3 Å². The van der Waals surface area contributed by atoms with E-state index >= 15 is 0 Å². The van der Waals surface area contributed by atoms with Crippen molar-refractivity contribution in [3.63, 3.8) is 0 Å². The van der Waals surface area contributed by atoms with Gasteiger partial charge in [-0.15, -0.1) is 0 Å². The number of alkyl halides is 3. The van der Waals surface area contributed by atoms with Gasteiger partial charge in [0.15, 0.2) is 0 Å². The predicted molar refractivity (Wildman–Crippen MR) is 168 cm³/mol. The number of aryl methyl sites for hydroxylation is 1. The summed E-state index contributed by atoms with van der Waals surface area (Å²) < 4.78 is 49.1. The Morgan fingerprint density at radius 3 is 2.49 bits per heavy atom. The van der Waals surface area contributed by atoms with E-state index in [4.69, 9.17) is 9.72 Å². The fourth-order valence-electron chi connectivity index (χ4n) is 6.85. The fraction of sp³-hybridized carbons (Fsp3) is 0.500. The molecule has 0 saturated carbocycles. The number of halogens is 3. The summed E-state index contributed by atoms with van der Waals surface area (Å²) in [6, 6.07) is 5.88. The zero-order valence-electron chi connectivity index (χ0n) is 26.4. The zero-order valence-corrected chi connectivity index (χ0v) is 26.4. The molecule has 0 spiro atoms. The number of morpholine rings is 1. The normalized spacial score (nSPS) is 22.7. The molecule has 0 aliphatic carbocycles. The minimum atomic E-state index is -4.72. The number of anilines is 2. The Morgan fingerprint density at radius 1 is 1.11 bits per heavy atom. The van der Waals surface area contributed by atoms with Gasteiger partial charge in [0.2, 0.25) is 11.9 Å². The first-order valence-electron chi connectivity index (χ1n) is 15.6. The van der Waals surface area contributed by atoms with Crippen LogP contribution in [0.1, 0.15) is 31.4 Å². The van der Waals surface area contributed by atoms with E-state index in [1.807, 2.05) is 23.6 Å². The van der Waals surface area contributed by atoms with Crippen LogP contribution in [0.2, 0.25) is 0 Å². The van der Waals surface area contributed by atoms with Crippen LogP contribution in [-0.2, 0) is 15.7 Å². The molecule has 15 heteroatoms. The Kier molecular flexibility index (Phi) is 8.66. The van der Waals surface area contributed by atoms with Crippen molar-refractivity contribution >= 4 is 28.6 Å². The average Bonchev–Trinajstić information content (AvgIpc) is 2.99. The van der Waals surface area contributed by atoms with Crippen molar-refractivity contribution in [2.24, 2.45) is 0 Å². The van der Waals surface area contributed by atoms with Crippen LogP contribution in [0, 0.1) is 18.3 Å². The van der Waals surface area contributed by atoms with Crippen LogP contribution in [0.15, 0.2) is 41.8 Å². The summed E-state index contributed by atoms with van der Waals surface area (Å²) in [6.07, 6.45) is -1.94. The Morgan fingerprint density at radius 2 is 1.83 bits per heavy atom. The lowest BCUT2D eigenvalue weighted by Crippen LogP contribution is -2.64. The molecule has 1 unspecified atom stereocenters. The highest BCUT2D eigenvalue weighted by Crippen LogP contribution is 2.36. The van der Waals surface area contributed by atoms with Crippen molar-refractivity contribution in [1.82, 2.24) is 29.5 Å². The molecule has 5 heterocycles. The SMILES string of the molecule is C=CC(=O)N1CCN(c2nc(N3CC(N4C[C@@H](C)O[C@@H](C)C4)C3)nc3c(=O)n(-c4cccc(C)c4C(F)(F)F)ncc23)CC1CC#N. The lowest BCUT2D eigenvalue weighted by atomic mass is 10.1. The number of carbonyl (C=O) groups is 1. The number of nitriles is 1. The van der Waals surface area contributed by atoms with Crippen molar-refractivity contribution in [2.45, 2.75) is 57.7 Å². The molecule has 6 rings (SSSR count). The highest BCUT2D eigenvalue weighted by atomic mass is 19.4. The van der Waals surface area contributed by atoms with Gasteiger partial charge < -0.3 is 19.4 Å². The number of ether oxygens (including phenoxy) is 1. The maximum atomic E-state index is 14.2. The number of amides is 1. The van der Waals surface area contributed by atoms with Crippen molar-refractivity contribution in [3.8, 4) is 11.8 Å². The highest BCUT2D eigenvalue weighted by Gasteiger charge is 2.39. The Bertz CT molecular complexity index is 1790. The Labute approximate surface area is 269 Å². The quantitative estimate of drug-likeness (QED) is 0.368. The molecular weight excluding hydrogens is 615 g/mol. The molecule has 0 radical (unpaired) electrons. The number of benzene rings is 1. The molecule has 12 nitrogen and oxygen atoms in total. The average molecular weight is 652 g/mol. The highest BCUT2D eigenvalue weighted by molar-refractivity contribution is 5.90. The van der Waals surface area contributed by atoms with Crippen LogP contribution < -0.4 is 15.4 Å². The number of hydrogen-bond acceptors (Lipinski definition) is 10. The summed E-state index contributed by atoms with van der Waals surface area (Å²) in [5.41, 5.74) is -2.28. The second-order valence-corrected chi connectivity index (χ2v) is 12.4. The van der Waals surface area contributed by atoms with Crippen LogP contribution in [-0.4, -0.2) is 106 Å². The van der Waals surface area contributed by atoms with E-state index in [9.17, 15) is 28.0 Å². The molecule has 3 aliphatic rings. The topological polar surface area (TPSA) is 124 Å². The van der Waals surface area contributed by atoms with Crippen molar-refractivity contribution in [3.05, 3.63) is 58.5 Å². The van der Waals surface area contributed by atoms with Crippen LogP contribution >= 0.6 is 0 Å². The molecule has 1 aromatic carbocycles. The van der Waals surface area contributed by atoms with E-state index in [1.54, 1.807) is 4.90 Å². The number of nitrogens with zero attached hydrogens (tertiary/aromatic N) is 9. The van der Waals surface area contributed by atoms with E-state index in [0.717, 1.165) is 17.8 Å². The van der Waals surface area contributed by atoms with Gasteiger partial charge in [0.25, 0.3) is 5.56 Å². The molecule has 3 aliphatic heterocycles. The summed E-state index contributed by atoms with van der Waals surface area (Å²) in [4.78, 5) is 43.9. The van der Waals surface area contributed by atoms with Gasteiger partial charge in [-0.25, -0.2) is 4.98 Å². The molecule has 3 atom stereocenters. The molecule has 248 valence electrons. The molecule has 3 aromatic rings. The van der Waals surface area contributed by atoms with Crippen LogP contribution in [0.3, 0.4) is 0 Å². The summed E-state index contributed by atoms with van der Waals surface area (Å²) >= 11 is 0. The van der Waals surface area contributed by atoms with Gasteiger partial charge >= 0.3 is 6.18 Å². The first-order valence-corrected chi connectivity index (χ1v) is 15.6. The predicted octanol–water partition coefficient (Wildman–Crippen LogP) is 2.92.